The van der Waals surface area contributed by atoms with E-state index in [0.717, 1.165) is 0 Å². The maximum absolute atomic E-state index is 11.2. The normalized spacial score (nSPS) is 11.5. The van der Waals surface area contributed by atoms with Gasteiger partial charge in [0.15, 0.2) is 5.03 Å². The van der Waals surface area contributed by atoms with Crippen LogP contribution in [0.15, 0.2) is 5.03 Å². The van der Waals surface area contributed by atoms with E-state index in [1.807, 2.05) is 0 Å². The third-order valence-corrected chi connectivity index (χ3v) is 3.51. The van der Waals surface area contributed by atoms with Gasteiger partial charge in [-0.1, -0.05) is 0 Å². The number of aromatic amines is 1. The Bertz CT molecular complexity index is 503. The van der Waals surface area contributed by atoms with E-state index < -0.39 is 15.0 Å². The Hall–Kier alpha value is -1.01. The highest BCUT2D eigenvalue weighted by atomic mass is 35.7. The van der Waals surface area contributed by atoms with E-state index in [2.05, 4.69) is 9.72 Å². The average molecular weight is 252 g/mol. The Morgan fingerprint density at radius 2 is 1.87 bits per heavy atom. The zero-order valence-electron chi connectivity index (χ0n) is 8.42. The average Bonchev–Trinajstić information content (AvgIpc) is 2.42. The Morgan fingerprint density at radius 1 is 1.33 bits per heavy atom. The predicted molar refractivity (Wildman–Crippen MR) is 54.6 cm³/mol. The maximum Gasteiger partial charge on any atom is 0.354 e. The fraction of sp³-hybridized carbons (Fsp3) is 0.375. The number of esters is 1. The molecule has 0 aliphatic heterocycles. The Labute approximate surface area is 91.8 Å². The van der Waals surface area contributed by atoms with Crippen molar-refractivity contribution in [3.8, 4) is 0 Å². The number of ether oxygens (including phenoxy) is 1. The molecular weight excluding hydrogens is 242 g/mol. The van der Waals surface area contributed by atoms with E-state index in [-0.39, 0.29) is 10.7 Å². The van der Waals surface area contributed by atoms with Crippen LogP contribution in [0, 0.1) is 13.8 Å². The van der Waals surface area contributed by atoms with Crippen molar-refractivity contribution in [3.05, 3.63) is 16.8 Å². The Kier molecular flexibility index (Phi) is 3.11. The van der Waals surface area contributed by atoms with Gasteiger partial charge in [-0.15, -0.1) is 0 Å². The van der Waals surface area contributed by atoms with Crippen LogP contribution in [-0.2, 0) is 13.8 Å². The molecular formula is C8H10ClNO4S. The Balaban J connectivity index is 3.44. The first-order valence-corrected chi connectivity index (χ1v) is 6.32. The molecule has 1 aromatic heterocycles. The molecule has 0 spiro atoms. The summed E-state index contributed by atoms with van der Waals surface area (Å²) < 4.78 is 26.7. The molecule has 0 fully saturated rings. The third-order valence-electron chi connectivity index (χ3n) is 2.15. The highest BCUT2D eigenvalue weighted by Gasteiger charge is 2.23. The summed E-state index contributed by atoms with van der Waals surface area (Å²) in [7, 11) is 2.53. The van der Waals surface area contributed by atoms with E-state index in [4.69, 9.17) is 10.7 Å². The molecule has 1 heterocycles. The zero-order valence-corrected chi connectivity index (χ0v) is 9.99. The maximum atomic E-state index is 11.2. The first kappa shape index (κ1) is 12.1. The van der Waals surface area contributed by atoms with Gasteiger partial charge in [-0.2, -0.15) is 0 Å². The van der Waals surface area contributed by atoms with Gasteiger partial charge in [-0.05, 0) is 25.0 Å². The van der Waals surface area contributed by atoms with Crippen molar-refractivity contribution in [3.63, 3.8) is 0 Å². The summed E-state index contributed by atoms with van der Waals surface area (Å²) in [6.45, 7) is 3.18. The molecule has 0 aromatic carbocycles. The van der Waals surface area contributed by atoms with Crippen LogP contribution in [0.4, 0.5) is 0 Å². The fourth-order valence-corrected chi connectivity index (χ4v) is 2.41. The topological polar surface area (TPSA) is 76.2 Å². The molecule has 0 atom stereocenters. The van der Waals surface area contributed by atoms with E-state index in [1.165, 1.54) is 7.11 Å². The number of aromatic nitrogens is 1. The molecule has 0 saturated heterocycles. The molecule has 1 aromatic rings. The van der Waals surface area contributed by atoms with Crippen LogP contribution >= 0.6 is 10.7 Å². The summed E-state index contributed by atoms with van der Waals surface area (Å²) >= 11 is 0. The van der Waals surface area contributed by atoms with Crippen molar-refractivity contribution in [2.45, 2.75) is 18.9 Å². The fourth-order valence-electron chi connectivity index (χ4n) is 1.21. The molecule has 7 heteroatoms. The number of halogens is 1. The summed E-state index contributed by atoms with van der Waals surface area (Å²) in [5.41, 5.74) is 1.04. The Morgan fingerprint density at radius 3 is 2.20 bits per heavy atom. The minimum absolute atomic E-state index is 0.106. The number of nitrogens with one attached hydrogen (secondary N) is 1. The van der Waals surface area contributed by atoms with E-state index in [1.54, 1.807) is 13.8 Å². The third kappa shape index (κ3) is 2.15. The van der Waals surface area contributed by atoms with Gasteiger partial charge >= 0.3 is 5.97 Å². The number of carbonyl (C=O) groups excluding carboxylic acids is 1. The first-order chi connectivity index (χ1) is 6.79. The largest absolute Gasteiger partial charge is 0.464 e. The smallest absolute Gasteiger partial charge is 0.354 e. The van der Waals surface area contributed by atoms with Crippen molar-refractivity contribution in [2.24, 2.45) is 0 Å². The molecule has 0 radical (unpaired) electrons. The zero-order chi connectivity index (χ0) is 11.8. The predicted octanol–water partition coefficient (Wildman–Crippen LogP) is 1.35. The first-order valence-electron chi connectivity index (χ1n) is 4.01. The lowest BCUT2D eigenvalue weighted by Gasteiger charge is -1.96. The van der Waals surface area contributed by atoms with E-state index >= 15 is 0 Å². The van der Waals surface area contributed by atoms with Crippen LogP contribution in [-0.4, -0.2) is 26.5 Å². The molecule has 0 unspecified atom stereocenters. The number of carbonyl (C=O) groups is 1. The summed E-state index contributed by atoms with van der Waals surface area (Å²) in [6, 6.07) is 0. The van der Waals surface area contributed by atoms with Crippen LogP contribution < -0.4 is 0 Å². The van der Waals surface area contributed by atoms with Crippen molar-refractivity contribution in [2.75, 3.05) is 7.11 Å². The second-order valence-electron chi connectivity index (χ2n) is 3.01. The van der Waals surface area contributed by atoms with E-state index in [9.17, 15) is 13.2 Å². The molecule has 0 aliphatic rings. The van der Waals surface area contributed by atoms with Gasteiger partial charge in [0.1, 0.15) is 5.69 Å². The van der Waals surface area contributed by atoms with E-state index in [0.29, 0.717) is 11.1 Å². The summed E-state index contributed by atoms with van der Waals surface area (Å²) in [5.74, 6) is -0.623. The lowest BCUT2D eigenvalue weighted by molar-refractivity contribution is 0.0593. The van der Waals surface area contributed by atoms with Crippen molar-refractivity contribution in [1.29, 1.82) is 0 Å². The van der Waals surface area contributed by atoms with Crippen LogP contribution in [0.25, 0.3) is 0 Å². The minimum atomic E-state index is -3.87. The standard InChI is InChI=1S/C8H10ClNO4S/c1-4-5(2)7(15(9,12)13)10-6(4)8(11)14-3/h10H,1-3H3. The van der Waals surface area contributed by atoms with Crippen LogP contribution in [0.2, 0.25) is 0 Å². The van der Waals surface area contributed by atoms with Gasteiger partial charge in [-0.3, -0.25) is 0 Å². The molecule has 0 amide bonds. The molecule has 1 N–H and O–H groups in total. The number of rotatable bonds is 2. The van der Waals surface area contributed by atoms with Crippen LogP contribution in [0.5, 0.6) is 0 Å². The number of H-pyrrole nitrogens is 1. The van der Waals surface area contributed by atoms with Gasteiger partial charge in [0.2, 0.25) is 0 Å². The van der Waals surface area contributed by atoms with Crippen LogP contribution in [0.1, 0.15) is 21.6 Å². The number of methoxy groups -OCH3 is 1. The molecule has 1 rings (SSSR count). The summed E-state index contributed by atoms with van der Waals surface area (Å²) in [4.78, 5) is 13.7. The number of hydrogen-bond acceptors (Lipinski definition) is 4. The van der Waals surface area contributed by atoms with Gasteiger partial charge in [0.25, 0.3) is 9.05 Å². The van der Waals surface area contributed by atoms with Gasteiger partial charge in [-0.25, -0.2) is 13.2 Å². The second-order valence-corrected chi connectivity index (χ2v) is 5.51. The van der Waals surface area contributed by atoms with Crippen molar-refractivity contribution < 1.29 is 17.9 Å². The lowest BCUT2D eigenvalue weighted by atomic mass is 10.2. The molecule has 84 valence electrons. The molecule has 0 aliphatic carbocycles. The molecule has 15 heavy (non-hydrogen) atoms. The molecule has 0 bridgehead atoms. The lowest BCUT2D eigenvalue weighted by Crippen LogP contribution is -2.03. The highest BCUT2D eigenvalue weighted by molar-refractivity contribution is 8.13. The highest BCUT2D eigenvalue weighted by Crippen LogP contribution is 2.24. The van der Waals surface area contributed by atoms with Crippen LogP contribution in [0.3, 0.4) is 0 Å². The number of hydrogen-bond donors (Lipinski definition) is 1. The quantitative estimate of drug-likeness (QED) is 0.636. The molecule has 0 saturated carbocycles. The molecule has 5 nitrogen and oxygen atoms in total. The summed E-state index contributed by atoms with van der Waals surface area (Å²) in [6.07, 6.45) is 0. The van der Waals surface area contributed by atoms with Gasteiger partial charge in [0, 0.05) is 10.7 Å². The SMILES string of the molecule is COC(=O)c1[nH]c(S(=O)(=O)Cl)c(C)c1C. The van der Waals surface area contributed by atoms with Gasteiger partial charge in [0.05, 0.1) is 7.11 Å². The van der Waals surface area contributed by atoms with Crippen molar-refractivity contribution in [1.82, 2.24) is 4.98 Å². The minimum Gasteiger partial charge on any atom is -0.464 e. The van der Waals surface area contributed by atoms with Crippen molar-refractivity contribution >= 4 is 25.7 Å². The summed E-state index contributed by atoms with van der Waals surface area (Å²) in [5, 5.41) is -0.165. The second kappa shape index (κ2) is 3.86. The monoisotopic (exact) mass is 251 g/mol. The van der Waals surface area contributed by atoms with Gasteiger partial charge < -0.3 is 9.72 Å².